The quantitative estimate of drug-likeness (QED) is 0.386. The van der Waals surface area contributed by atoms with Crippen LogP contribution in [0.4, 0.5) is 0 Å². The zero-order chi connectivity index (χ0) is 15.7. The van der Waals surface area contributed by atoms with Gasteiger partial charge in [0.05, 0.1) is 5.69 Å². The summed E-state index contributed by atoms with van der Waals surface area (Å²) in [7, 11) is 0. The largest absolute Gasteiger partial charge is 0.348 e. The van der Waals surface area contributed by atoms with E-state index in [0.29, 0.717) is 0 Å². The SMILES string of the molecule is Brc1ccc(Cc2nc(-c3ccc(Br)c(Br)c3)c[nH]2)c(Br)c1. The Balaban J connectivity index is 1.85. The van der Waals surface area contributed by atoms with E-state index in [-0.39, 0.29) is 0 Å². The van der Waals surface area contributed by atoms with Crippen molar-refractivity contribution < 1.29 is 0 Å². The Bertz CT molecular complexity index is 827. The molecule has 22 heavy (non-hydrogen) atoms. The van der Waals surface area contributed by atoms with Gasteiger partial charge >= 0.3 is 0 Å². The van der Waals surface area contributed by atoms with Crippen LogP contribution in [-0.4, -0.2) is 9.97 Å². The first kappa shape index (κ1) is 16.4. The summed E-state index contributed by atoms with van der Waals surface area (Å²) in [6.45, 7) is 0. The van der Waals surface area contributed by atoms with Crippen LogP contribution in [-0.2, 0) is 6.42 Å². The van der Waals surface area contributed by atoms with E-state index in [1.54, 1.807) is 0 Å². The van der Waals surface area contributed by atoms with Crippen LogP contribution in [0.15, 0.2) is 60.5 Å². The number of rotatable bonds is 3. The summed E-state index contributed by atoms with van der Waals surface area (Å²) < 4.78 is 4.19. The molecule has 1 aromatic heterocycles. The van der Waals surface area contributed by atoms with Crippen LogP contribution in [0.2, 0.25) is 0 Å². The van der Waals surface area contributed by atoms with Crippen LogP contribution in [0.3, 0.4) is 0 Å². The fourth-order valence-electron chi connectivity index (χ4n) is 2.10. The summed E-state index contributed by atoms with van der Waals surface area (Å²) in [5, 5.41) is 0. The van der Waals surface area contributed by atoms with Gasteiger partial charge in [-0.1, -0.05) is 44.0 Å². The number of aromatic nitrogens is 2. The third-order valence-corrected chi connectivity index (χ3v) is 6.33. The maximum atomic E-state index is 4.69. The van der Waals surface area contributed by atoms with Gasteiger partial charge in [-0.2, -0.15) is 0 Å². The smallest absolute Gasteiger partial charge is 0.111 e. The minimum Gasteiger partial charge on any atom is -0.348 e. The molecule has 2 aromatic carbocycles. The molecule has 1 N–H and O–H groups in total. The van der Waals surface area contributed by atoms with Gasteiger partial charge in [0.15, 0.2) is 0 Å². The van der Waals surface area contributed by atoms with Crippen molar-refractivity contribution in [1.29, 1.82) is 0 Å². The first-order valence-electron chi connectivity index (χ1n) is 6.46. The summed E-state index contributed by atoms with van der Waals surface area (Å²) in [4.78, 5) is 7.94. The zero-order valence-electron chi connectivity index (χ0n) is 11.2. The van der Waals surface area contributed by atoms with Gasteiger partial charge in [0.2, 0.25) is 0 Å². The molecule has 2 nitrogen and oxygen atoms in total. The second-order valence-corrected chi connectivity index (χ2v) is 8.25. The number of halogens is 4. The first-order valence-corrected chi connectivity index (χ1v) is 9.64. The van der Waals surface area contributed by atoms with Crippen molar-refractivity contribution in [3.63, 3.8) is 0 Å². The minimum atomic E-state index is 0.756. The van der Waals surface area contributed by atoms with E-state index in [1.165, 1.54) is 5.56 Å². The lowest BCUT2D eigenvalue weighted by Gasteiger charge is -2.03. The Kier molecular flexibility index (Phi) is 5.22. The number of benzene rings is 2. The van der Waals surface area contributed by atoms with E-state index in [2.05, 4.69) is 85.8 Å². The van der Waals surface area contributed by atoms with Gasteiger partial charge in [-0.3, -0.25) is 0 Å². The highest BCUT2D eigenvalue weighted by Crippen LogP contribution is 2.29. The predicted octanol–water partition coefficient (Wildman–Crippen LogP) is 6.72. The average molecular weight is 550 g/mol. The molecular weight excluding hydrogens is 540 g/mol. The molecule has 0 unspecified atom stereocenters. The minimum absolute atomic E-state index is 0.756. The van der Waals surface area contributed by atoms with Gasteiger partial charge in [0.1, 0.15) is 5.82 Å². The van der Waals surface area contributed by atoms with Crippen molar-refractivity contribution in [2.24, 2.45) is 0 Å². The highest BCUT2D eigenvalue weighted by Gasteiger charge is 2.08. The lowest BCUT2D eigenvalue weighted by molar-refractivity contribution is 1.02. The number of imidazole rings is 1. The molecule has 0 bridgehead atoms. The van der Waals surface area contributed by atoms with Gasteiger partial charge < -0.3 is 4.98 Å². The molecule has 0 saturated carbocycles. The topological polar surface area (TPSA) is 28.7 Å². The van der Waals surface area contributed by atoms with Crippen molar-refractivity contribution in [1.82, 2.24) is 9.97 Å². The fourth-order valence-corrected chi connectivity index (χ4v) is 3.91. The van der Waals surface area contributed by atoms with Gasteiger partial charge in [-0.25, -0.2) is 4.98 Å². The molecule has 0 atom stereocenters. The Hall–Kier alpha value is -0.430. The molecule has 0 fully saturated rings. The normalized spacial score (nSPS) is 10.9. The molecule has 0 radical (unpaired) electrons. The van der Waals surface area contributed by atoms with E-state index in [1.807, 2.05) is 30.5 Å². The molecule has 6 heteroatoms. The van der Waals surface area contributed by atoms with Gasteiger partial charge in [0, 0.05) is 36.1 Å². The Morgan fingerprint density at radius 3 is 2.41 bits per heavy atom. The molecule has 0 saturated heterocycles. The monoisotopic (exact) mass is 546 g/mol. The number of H-pyrrole nitrogens is 1. The number of hydrogen-bond acceptors (Lipinski definition) is 1. The number of hydrogen-bond donors (Lipinski definition) is 1. The summed E-state index contributed by atoms with van der Waals surface area (Å²) >= 11 is 14.1. The zero-order valence-corrected chi connectivity index (χ0v) is 17.6. The molecule has 0 aliphatic rings. The molecule has 1 heterocycles. The third-order valence-electron chi connectivity index (χ3n) is 3.22. The summed E-state index contributed by atoms with van der Waals surface area (Å²) in [5.41, 5.74) is 3.21. The standard InChI is InChI=1S/C16H10Br4N2/c17-11-3-1-9(13(19)7-11)6-16-21-8-15(22-16)10-2-4-12(18)14(20)5-10/h1-5,7-8H,6H2,(H,21,22). The van der Waals surface area contributed by atoms with Crippen molar-refractivity contribution in [3.8, 4) is 11.3 Å². The van der Waals surface area contributed by atoms with Crippen LogP contribution >= 0.6 is 63.7 Å². The molecule has 3 rings (SSSR count). The van der Waals surface area contributed by atoms with Gasteiger partial charge in [0.25, 0.3) is 0 Å². The lowest BCUT2D eigenvalue weighted by atomic mass is 10.1. The Labute approximate surface area is 162 Å². The van der Waals surface area contributed by atoms with Crippen molar-refractivity contribution in [3.05, 3.63) is 71.9 Å². The van der Waals surface area contributed by atoms with Gasteiger partial charge in [-0.15, -0.1) is 0 Å². The van der Waals surface area contributed by atoms with Crippen LogP contribution in [0.5, 0.6) is 0 Å². The highest BCUT2D eigenvalue weighted by atomic mass is 79.9. The molecule has 112 valence electrons. The summed E-state index contributed by atoms with van der Waals surface area (Å²) in [5.74, 6) is 0.942. The Morgan fingerprint density at radius 1 is 0.864 bits per heavy atom. The molecule has 0 aliphatic heterocycles. The predicted molar refractivity (Wildman–Crippen MR) is 104 cm³/mol. The molecule has 3 aromatic rings. The molecular formula is C16H10Br4N2. The van der Waals surface area contributed by atoms with Crippen molar-refractivity contribution in [2.45, 2.75) is 6.42 Å². The Morgan fingerprint density at radius 2 is 1.68 bits per heavy atom. The number of nitrogens with zero attached hydrogens (tertiary/aromatic N) is 1. The van der Waals surface area contributed by atoms with E-state index in [9.17, 15) is 0 Å². The highest BCUT2D eigenvalue weighted by molar-refractivity contribution is 9.13. The average Bonchev–Trinajstić information content (AvgIpc) is 2.93. The summed E-state index contributed by atoms with van der Waals surface area (Å²) in [6, 6.07) is 12.3. The fraction of sp³-hybridized carbons (Fsp3) is 0.0625. The second kappa shape index (κ2) is 6.99. The van der Waals surface area contributed by atoms with Crippen LogP contribution in [0, 0.1) is 0 Å². The summed E-state index contributed by atoms with van der Waals surface area (Å²) in [6.07, 6.45) is 2.70. The maximum absolute atomic E-state index is 4.69. The molecule has 0 amide bonds. The second-order valence-electron chi connectivity index (χ2n) is 4.77. The van der Waals surface area contributed by atoms with Crippen LogP contribution in [0.25, 0.3) is 11.3 Å². The third kappa shape index (κ3) is 3.72. The van der Waals surface area contributed by atoms with Crippen LogP contribution in [0.1, 0.15) is 11.4 Å². The maximum Gasteiger partial charge on any atom is 0.111 e. The van der Waals surface area contributed by atoms with E-state index in [0.717, 1.165) is 41.4 Å². The molecule has 0 aliphatic carbocycles. The lowest BCUT2D eigenvalue weighted by Crippen LogP contribution is -1.92. The van der Waals surface area contributed by atoms with Crippen molar-refractivity contribution >= 4 is 63.7 Å². The number of nitrogens with one attached hydrogen (secondary N) is 1. The van der Waals surface area contributed by atoms with Gasteiger partial charge in [-0.05, 0) is 61.7 Å². The van der Waals surface area contributed by atoms with Crippen molar-refractivity contribution in [2.75, 3.05) is 0 Å². The van der Waals surface area contributed by atoms with E-state index < -0.39 is 0 Å². The molecule has 0 spiro atoms. The first-order chi connectivity index (χ1) is 10.5. The van der Waals surface area contributed by atoms with Crippen LogP contribution < -0.4 is 0 Å². The number of aromatic amines is 1. The van der Waals surface area contributed by atoms with E-state index >= 15 is 0 Å². The van der Waals surface area contributed by atoms with E-state index in [4.69, 9.17) is 0 Å².